The normalized spacial score (nSPS) is 11.2. The van der Waals surface area contributed by atoms with Crippen LogP contribution in [0.15, 0.2) is 36.7 Å². The maximum absolute atomic E-state index is 12.3. The molecule has 0 aliphatic carbocycles. The number of carbonyl (C=O) groups is 1. The summed E-state index contributed by atoms with van der Waals surface area (Å²) in [6, 6.07) is 7.16. The molecule has 0 bridgehead atoms. The van der Waals surface area contributed by atoms with Gasteiger partial charge in [-0.15, -0.1) is 5.10 Å². The Hall–Kier alpha value is -3.59. The average Bonchev–Trinajstić information content (AvgIpc) is 3.21. The number of esters is 1. The summed E-state index contributed by atoms with van der Waals surface area (Å²) in [5, 5.41) is 5.03. The minimum Gasteiger partial charge on any atom is -0.503 e. The summed E-state index contributed by atoms with van der Waals surface area (Å²) in [5.41, 5.74) is 1.99. The largest absolute Gasteiger partial charge is 0.503 e. The Labute approximate surface area is 184 Å². The van der Waals surface area contributed by atoms with Gasteiger partial charge in [-0.3, -0.25) is 0 Å². The molecule has 2 heterocycles. The summed E-state index contributed by atoms with van der Waals surface area (Å²) in [4.78, 5) is 20.9. The predicted octanol–water partition coefficient (Wildman–Crippen LogP) is 3.89. The molecule has 0 atom stereocenters. The monoisotopic (exact) mass is 444 g/mol. The second-order valence-corrected chi connectivity index (χ2v) is 6.79. The fourth-order valence-corrected chi connectivity index (χ4v) is 3.00. The van der Waals surface area contributed by atoms with E-state index in [1.54, 1.807) is 36.0 Å². The Morgan fingerprint density at radius 1 is 1.10 bits per heavy atom. The number of rotatable bonds is 7. The highest BCUT2D eigenvalue weighted by atomic mass is 35.5. The van der Waals surface area contributed by atoms with Crippen molar-refractivity contribution < 1.29 is 23.7 Å². The minimum atomic E-state index is -0.669. The lowest BCUT2D eigenvalue weighted by molar-refractivity contribution is -0.133. The van der Waals surface area contributed by atoms with E-state index in [1.165, 1.54) is 27.6 Å². The van der Waals surface area contributed by atoms with Gasteiger partial charge in [-0.1, -0.05) is 17.7 Å². The van der Waals surface area contributed by atoms with Gasteiger partial charge in [-0.2, -0.15) is 9.97 Å². The number of aryl methyl sites for hydroxylation is 2. The third kappa shape index (κ3) is 4.77. The van der Waals surface area contributed by atoms with Crippen molar-refractivity contribution >= 4 is 23.1 Å². The summed E-state index contributed by atoms with van der Waals surface area (Å²) in [6.07, 6.45) is 2.94. The van der Waals surface area contributed by atoms with E-state index in [0.717, 1.165) is 11.3 Å². The van der Waals surface area contributed by atoms with Crippen LogP contribution in [0.1, 0.15) is 17.0 Å². The van der Waals surface area contributed by atoms with Crippen LogP contribution in [0, 0.1) is 13.8 Å². The lowest BCUT2D eigenvalue weighted by atomic mass is 10.1. The van der Waals surface area contributed by atoms with Crippen molar-refractivity contribution in [1.82, 2.24) is 19.7 Å². The summed E-state index contributed by atoms with van der Waals surface area (Å²) in [7, 11) is 4.08. The van der Waals surface area contributed by atoms with Crippen molar-refractivity contribution in [3.8, 4) is 23.3 Å². The zero-order valence-corrected chi connectivity index (χ0v) is 18.4. The summed E-state index contributed by atoms with van der Waals surface area (Å²) < 4.78 is 22.8. The van der Waals surface area contributed by atoms with Crippen molar-refractivity contribution in [3.63, 3.8) is 0 Å². The van der Waals surface area contributed by atoms with Crippen molar-refractivity contribution in [2.45, 2.75) is 13.8 Å². The minimum absolute atomic E-state index is 0.0296. The van der Waals surface area contributed by atoms with Gasteiger partial charge in [0.1, 0.15) is 17.0 Å². The van der Waals surface area contributed by atoms with E-state index in [4.69, 9.17) is 30.5 Å². The Kier molecular flexibility index (Phi) is 6.76. The Bertz CT molecular complexity index is 1140. The molecule has 0 N–H and O–H groups in total. The van der Waals surface area contributed by atoms with Crippen molar-refractivity contribution in [2.24, 2.45) is 0 Å². The number of aromatic nitrogens is 4. The molecule has 162 valence electrons. The van der Waals surface area contributed by atoms with Crippen LogP contribution in [0.2, 0.25) is 5.02 Å². The molecule has 0 aliphatic heterocycles. The highest BCUT2D eigenvalue weighted by Crippen LogP contribution is 2.35. The zero-order chi connectivity index (χ0) is 22.5. The molecule has 0 unspecified atom stereocenters. The van der Waals surface area contributed by atoms with Gasteiger partial charge in [0, 0.05) is 17.3 Å². The van der Waals surface area contributed by atoms with Crippen molar-refractivity contribution in [1.29, 1.82) is 0 Å². The molecule has 3 rings (SSSR count). The number of carbonyl (C=O) groups excluding carboxylic acids is 1. The van der Waals surface area contributed by atoms with Crippen LogP contribution in [0.3, 0.4) is 0 Å². The Balaban J connectivity index is 2.07. The van der Waals surface area contributed by atoms with Crippen LogP contribution < -0.4 is 9.47 Å². The predicted molar refractivity (Wildman–Crippen MR) is 114 cm³/mol. The first-order valence-electron chi connectivity index (χ1n) is 9.12. The number of nitrogens with zero attached hydrogens (tertiary/aromatic N) is 4. The van der Waals surface area contributed by atoms with Gasteiger partial charge in [0.15, 0.2) is 0 Å². The van der Waals surface area contributed by atoms with Crippen LogP contribution in [-0.2, 0) is 14.3 Å². The molecule has 0 spiro atoms. The first-order chi connectivity index (χ1) is 14.9. The van der Waals surface area contributed by atoms with Gasteiger partial charge < -0.3 is 18.9 Å². The number of methoxy groups -OCH3 is 3. The van der Waals surface area contributed by atoms with Crippen molar-refractivity contribution in [3.05, 3.63) is 58.7 Å². The quantitative estimate of drug-likeness (QED) is 0.307. The SMILES string of the molecule is CO/C=C(/C(=O)OC)c1c(OC)nc(C)nc1Oc1ccn(-c2cc(Cl)ccc2C)n1. The molecule has 0 fully saturated rings. The molecule has 0 radical (unpaired) electrons. The Morgan fingerprint density at radius 2 is 1.84 bits per heavy atom. The molecule has 0 saturated carbocycles. The van der Waals surface area contributed by atoms with Crippen LogP contribution >= 0.6 is 11.6 Å². The van der Waals surface area contributed by atoms with Gasteiger partial charge in [0.25, 0.3) is 0 Å². The number of ether oxygens (including phenoxy) is 4. The van der Waals surface area contributed by atoms with Crippen LogP contribution in [0.5, 0.6) is 17.6 Å². The highest BCUT2D eigenvalue weighted by Gasteiger charge is 2.26. The first kappa shape index (κ1) is 22.1. The second-order valence-electron chi connectivity index (χ2n) is 6.35. The standard InChI is InChI=1S/C21H21ClN4O5/c1-12-6-7-14(22)10-16(12)26-9-8-17(25-26)31-20-18(15(11-28-3)21(27)30-5)19(29-4)23-13(2)24-20/h6-11H,1-5H3/b15-11+. The van der Waals surface area contributed by atoms with Crippen LogP contribution in [-0.4, -0.2) is 47.0 Å². The van der Waals surface area contributed by atoms with Gasteiger partial charge in [-0.05, 0) is 31.5 Å². The molecule has 31 heavy (non-hydrogen) atoms. The van der Waals surface area contributed by atoms with Crippen LogP contribution in [0.4, 0.5) is 0 Å². The molecular weight excluding hydrogens is 424 g/mol. The maximum atomic E-state index is 12.3. The number of halogens is 1. The summed E-state index contributed by atoms with van der Waals surface area (Å²) in [5.74, 6) is 0.134. The van der Waals surface area contributed by atoms with Gasteiger partial charge >= 0.3 is 5.97 Å². The lowest BCUT2D eigenvalue weighted by Gasteiger charge is -2.14. The van der Waals surface area contributed by atoms with E-state index >= 15 is 0 Å². The van der Waals surface area contributed by atoms with Gasteiger partial charge in [0.2, 0.25) is 17.6 Å². The molecule has 10 heteroatoms. The molecule has 0 saturated heterocycles. The molecule has 2 aromatic heterocycles. The van der Waals surface area contributed by atoms with E-state index in [-0.39, 0.29) is 28.8 Å². The second kappa shape index (κ2) is 9.48. The molecule has 1 aromatic carbocycles. The number of hydrogen-bond acceptors (Lipinski definition) is 8. The van der Waals surface area contributed by atoms with Crippen molar-refractivity contribution in [2.75, 3.05) is 21.3 Å². The highest BCUT2D eigenvalue weighted by molar-refractivity contribution is 6.30. The maximum Gasteiger partial charge on any atom is 0.342 e. The average molecular weight is 445 g/mol. The van der Waals surface area contributed by atoms with E-state index in [1.807, 2.05) is 13.0 Å². The molecule has 3 aromatic rings. The van der Waals surface area contributed by atoms with E-state index in [0.29, 0.717) is 10.8 Å². The third-order valence-corrected chi connectivity index (χ3v) is 4.48. The lowest BCUT2D eigenvalue weighted by Crippen LogP contribution is -2.10. The van der Waals surface area contributed by atoms with Gasteiger partial charge in [-0.25, -0.2) is 9.48 Å². The fraction of sp³-hybridized carbons (Fsp3) is 0.238. The summed E-state index contributed by atoms with van der Waals surface area (Å²) in [6.45, 7) is 3.62. The zero-order valence-electron chi connectivity index (χ0n) is 17.7. The molecule has 9 nitrogen and oxygen atoms in total. The number of benzene rings is 1. The van der Waals surface area contributed by atoms with E-state index in [2.05, 4.69) is 15.1 Å². The van der Waals surface area contributed by atoms with E-state index < -0.39 is 5.97 Å². The topological polar surface area (TPSA) is 97.6 Å². The third-order valence-electron chi connectivity index (χ3n) is 4.24. The Morgan fingerprint density at radius 3 is 2.52 bits per heavy atom. The smallest absolute Gasteiger partial charge is 0.342 e. The van der Waals surface area contributed by atoms with Crippen LogP contribution in [0.25, 0.3) is 11.3 Å². The van der Waals surface area contributed by atoms with Gasteiger partial charge in [0.05, 0.1) is 33.3 Å². The molecular formula is C21H21ClN4O5. The first-order valence-corrected chi connectivity index (χ1v) is 9.50. The molecule has 0 amide bonds. The number of hydrogen-bond donors (Lipinski definition) is 0. The fourth-order valence-electron chi connectivity index (χ4n) is 2.84. The van der Waals surface area contributed by atoms with E-state index in [9.17, 15) is 4.79 Å². The summed E-state index contributed by atoms with van der Waals surface area (Å²) >= 11 is 6.12. The molecule has 0 aliphatic rings.